The molecule has 0 aliphatic heterocycles. The average molecular weight is 245 g/mol. The molecule has 0 bridgehead atoms. The second kappa shape index (κ2) is 4.67. The second-order valence-corrected chi connectivity index (χ2v) is 4.59. The van der Waals surface area contributed by atoms with Crippen molar-refractivity contribution in [2.45, 2.75) is 20.4 Å². The number of benzene rings is 1. The van der Waals surface area contributed by atoms with Crippen molar-refractivity contribution in [3.63, 3.8) is 0 Å². The maximum absolute atomic E-state index is 5.56. The lowest BCUT2D eigenvalue weighted by molar-refractivity contribution is 0.659. The molecular formula is C13H15N3S. The first-order valence-corrected chi connectivity index (χ1v) is 5.87. The van der Waals surface area contributed by atoms with Gasteiger partial charge in [0, 0.05) is 11.3 Å². The van der Waals surface area contributed by atoms with Crippen LogP contribution in [-0.2, 0) is 6.54 Å². The molecule has 1 aromatic heterocycles. The topological polar surface area (TPSA) is 43.8 Å². The summed E-state index contributed by atoms with van der Waals surface area (Å²) in [4.78, 5) is 0.433. The minimum atomic E-state index is 0.433. The molecule has 0 saturated heterocycles. The highest BCUT2D eigenvalue weighted by molar-refractivity contribution is 7.80. The highest BCUT2D eigenvalue weighted by atomic mass is 32.1. The van der Waals surface area contributed by atoms with E-state index in [2.05, 4.69) is 18.1 Å². The van der Waals surface area contributed by atoms with E-state index in [1.165, 1.54) is 11.3 Å². The first-order chi connectivity index (χ1) is 8.06. The van der Waals surface area contributed by atoms with Gasteiger partial charge in [0.15, 0.2) is 0 Å². The number of rotatable bonds is 3. The molecule has 2 aromatic rings. The van der Waals surface area contributed by atoms with Crippen LogP contribution in [0.5, 0.6) is 0 Å². The maximum atomic E-state index is 5.56. The Morgan fingerprint density at radius 1 is 1.29 bits per heavy atom. The van der Waals surface area contributed by atoms with E-state index in [4.69, 9.17) is 18.0 Å². The monoisotopic (exact) mass is 245 g/mol. The van der Waals surface area contributed by atoms with Gasteiger partial charge in [-0.05, 0) is 25.5 Å². The van der Waals surface area contributed by atoms with Crippen LogP contribution in [0.2, 0.25) is 0 Å². The van der Waals surface area contributed by atoms with Gasteiger partial charge in [0.05, 0.1) is 12.2 Å². The summed E-state index contributed by atoms with van der Waals surface area (Å²) in [6.07, 6.45) is 0. The quantitative estimate of drug-likeness (QED) is 0.843. The van der Waals surface area contributed by atoms with Crippen LogP contribution in [0.1, 0.15) is 22.5 Å². The number of aryl methyl sites for hydroxylation is 2. The fourth-order valence-corrected chi connectivity index (χ4v) is 1.92. The fourth-order valence-electron chi connectivity index (χ4n) is 1.78. The van der Waals surface area contributed by atoms with Crippen molar-refractivity contribution in [2.75, 3.05) is 0 Å². The lowest BCUT2D eigenvalue weighted by Gasteiger charge is -2.05. The van der Waals surface area contributed by atoms with E-state index in [9.17, 15) is 0 Å². The Kier molecular flexibility index (Phi) is 3.24. The van der Waals surface area contributed by atoms with Crippen molar-refractivity contribution in [1.82, 2.24) is 9.78 Å². The zero-order valence-electron chi connectivity index (χ0n) is 9.97. The molecule has 2 rings (SSSR count). The molecule has 0 unspecified atom stereocenters. The molecule has 88 valence electrons. The standard InChI is InChI=1S/C13H15N3S/c1-9-7-10(2)16(15-9)8-11-3-5-12(6-4-11)13(14)17/h3-7H,8H2,1-2H3,(H2,14,17). The molecule has 0 spiro atoms. The van der Waals surface area contributed by atoms with Crippen LogP contribution in [0.25, 0.3) is 0 Å². The van der Waals surface area contributed by atoms with Crippen LogP contribution >= 0.6 is 12.2 Å². The summed E-state index contributed by atoms with van der Waals surface area (Å²) in [5, 5.41) is 4.43. The third kappa shape index (κ3) is 2.71. The summed E-state index contributed by atoms with van der Waals surface area (Å²) < 4.78 is 1.99. The smallest absolute Gasteiger partial charge is 0.103 e. The lowest BCUT2D eigenvalue weighted by atomic mass is 10.1. The predicted molar refractivity (Wildman–Crippen MR) is 73.1 cm³/mol. The van der Waals surface area contributed by atoms with E-state index in [1.807, 2.05) is 35.9 Å². The average Bonchev–Trinajstić information content (AvgIpc) is 2.58. The molecule has 0 radical (unpaired) electrons. The van der Waals surface area contributed by atoms with Crippen molar-refractivity contribution >= 4 is 17.2 Å². The molecule has 0 fully saturated rings. The Hall–Kier alpha value is -1.68. The van der Waals surface area contributed by atoms with Crippen LogP contribution in [0.15, 0.2) is 30.3 Å². The van der Waals surface area contributed by atoms with E-state index in [1.54, 1.807) is 0 Å². The van der Waals surface area contributed by atoms with Gasteiger partial charge in [0.25, 0.3) is 0 Å². The van der Waals surface area contributed by atoms with Crippen LogP contribution in [0.4, 0.5) is 0 Å². The van der Waals surface area contributed by atoms with E-state index in [0.29, 0.717) is 4.99 Å². The summed E-state index contributed by atoms with van der Waals surface area (Å²) in [6, 6.07) is 10.0. The van der Waals surface area contributed by atoms with Gasteiger partial charge in [0.2, 0.25) is 0 Å². The van der Waals surface area contributed by atoms with Crippen LogP contribution < -0.4 is 5.73 Å². The number of thiocarbonyl (C=S) groups is 1. The van der Waals surface area contributed by atoms with Gasteiger partial charge in [-0.3, -0.25) is 4.68 Å². The van der Waals surface area contributed by atoms with E-state index >= 15 is 0 Å². The Bertz CT molecular complexity index is 540. The second-order valence-electron chi connectivity index (χ2n) is 4.15. The van der Waals surface area contributed by atoms with Gasteiger partial charge in [0.1, 0.15) is 4.99 Å². The Balaban J connectivity index is 2.19. The van der Waals surface area contributed by atoms with Crippen LogP contribution in [0, 0.1) is 13.8 Å². The highest BCUT2D eigenvalue weighted by Gasteiger charge is 2.02. The molecule has 4 heteroatoms. The molecule has 17 heavy (non-hydrogen) atoms. The SMILES string of the molecule is Cc1cc(C)n(Cc2ccc(C(N)=S)cc2)n1. The minimum absolute atomic E-state index is 0.433. The van der Waals surface area contributed by atoms with Gasteiger partial charge in [-0.2, -0.15) is 5.10 Å². The number of hydrogen-bond donors (Lipinski definition) is 1. The molecule has 1 aromatic carbocycles. The van der Waals surface area contributed by atoms with Gasteiger partial charge in [-0.25, -0.2) is 0 Å². The van der Waals surface area contributed by atoms with Gasteiger partial charge < -0.3 is 5.73 Å². The third-order valence-corrected chi connectivity index (χ3v) is 2.91. The highest BCUT2D eigenvalue weighted by Crippen LogP contribution is 2.09. The summed E-state index contributed by atoms with van der Waals surface area (Å²) in [5.74, 6) is 0. The number of aromatic nitrogens is 2. The Labute approximate surface area is 106 Å². The van der Waals surface area contributed by atoms with Gasteiger partial charge in [-0.15, -0.1) is 0 Å². The van der Waals surface area contributed by atoms with E-state index in [-0.39, 0.29) is 0 Å². The Morgan fingerprint density at radius 3 is 2.41 bits per heavy atom. The Morgan fingerprint density at radius 2 is 1.94 bits per heavy atom. The van der Waals surface area contributed by atoms with Crippen LogP contribution in [0.3, 0.4) is 0 Å². The molecule has 1 heterocycles. The molecule has 0 amide bonds. The maximum Gasteiger partial charge on any atom is 0.103 e. The number of hydrogen-bond acceptors (Lipinski definition) is 2. The van der Waals surface area contributed by atoms with Crippen molar-refractivity contribution in [3.8, 4) is 0 Å². The van der Waals surface area contributed by atoms with Crippen LogP contribution in [-0.4, -0.2) is 14.8 Å². The summed E-state index contributed by atoms with van der Waals surface area (Å²) in [7, 11) is 0. The van der Waals surface area contributed by atoms with Crippen molar-refractivity contribution in [2.24, 2.45) is 5.73 Å². The molecule has 0 aliphatic carbocycles. The summed E-state index contributed by atoms with van der Waals surface area (Å²) in [5.41, 5.74) is 9.86. The van der Waals surface area contributed by atoms with E-state index in [0.717, 1.165) is 17.8 Å². The largest absolute Gasteiger partial charge is 0.389 e. The minimum Gasteiger partial charge on any atom is -0.389 e. The first-order valence-electron chi connectivity index (χ1n) is 5.46. The lowest BCUT2D eigenvalue weighted by Crippen LogP contribution is -2.09. The molecule has 0 aliphatic rings. The summed E-state index contributed by atoms with van der Waals surface area (Å²) >= 11 is 4.92. The number of nitrogens with zero attached hydrogens (tertiary/aromatic N) is 2. The third-order valence-electron chi connectivity index (χ3n) is 2.67. The normalized spacial score (nSPS) is 10.5. The summed E-state index contributed by atoms with van der Waals surface area (Å²) in [6.45, 7) is 4.83. The van der Waals surface area contributed by atoms with Crippen molar-refractivity contribution in [1.29, 1.82) is 0 Å². The molecular weight excluding hydrogens is 230 g/mol. The zero-order chi connectivity index (χ0) is 12.4. The molecule has 2 N–H and O–H groups in total. The van der Waals surface area contributed by atoms with Crippen molar-refractivity contribution in [3.05, 3.63) is 52.8 Å². The fraction of sp³-hybridized carbons (Fsp3) is 0.231. The molecule has 0 saturated carbocycles. The zero-order valence-corrected chi connectivity index (χ0v) is 10.8. The first kappa shape index (κ1) is 11.8. The number of nitrogens with two attached hydrogens (primary N) is 1. The molecule has 3 nitrogen and oxygen atoms in total. The van der Waals surface area contributed by atoms with Crippen molar-refractivity contribution < 1.29 is 0 Å². The van der Waals surface area contributed by atoms with Gasteiger partial charge in [-0.1, -0.05) is 36.5 Å². The van der Waals surface area contributed by atoms with E-state index < -0.39 is 0 Å². The predicted octanol–water partition coefficient (Wildman–Crippen LogP) is 2.18. The molecule has 0 atom stereocenters. The van der Waals surface area contributed by atoms with Gasteiger partial charge >= 0.3 is 0 Å².